The number of rotatable bonds is 2. The maximum Gasteiger partial charge on any atom is 0.277 e. The zero-order valence-electron chi connectivity index (χ0n) is 6.93. The second-order valence-corrected chi connectivity index (χ2v) is 9.20. The Labute approximate surface area is 107 Å². The van der Waals surface area contributed by atoms with Crippen molar-refractivity contribution in [1.29, 1.82) is 0 Å². The minimum Gasteiger partial charge on any atom is -0.299 e. The van der Waals surface area contributed by atoms with Gasteiger partial charge in [0.05, 0.1) is 5.69 Å². The van der Waals surface area contributed by atoms with Crippen LogP contribution in [0.1, 0.15) is 0 Å². The van der Waals surface area contributed by atoms with E-state index in [1.165, 1.54) is 0 Å². The lowest BCUT2D eigenvalue weighted by Crippen LogP contribution is -2.37. The predicted molar refractivity (Wildman–Crippen MR) is 67.7 cm³/mol. The summed E-state index contributed by atoms with van der Waals surface area (Å²) in [5.41, 5.74) is 6.09. The average Bonchev–Trinajstić information content (AvgIpc) is 2.14. The number of hydrazine groups is 1. The van der Waals surface area contributed by atoms with Crippen LogP contribution in [0.15, 0.2) is 30.3 Å². The van der Waals surface area contributed by atoms with Gasteiger partial charge in [0.25, 0.3) is 5.91 Å². The Bertz CT molecular complexity index is 310. The fourth-order valence-corrected chi connectivity index (χ4v) is 1.02. The lowest BCUT2D eigenvalue weighted by atomic mass is 10.3. The van der Waals surface area contributed by atoms with E-state index in [2.05, 4.69) is 58.6 Å². The number of alkyl halides is 3. The zero-order chi connectivity index (χ0) is 10.6. The molecule has 14 heavy (non-hydrogen) atoms. The molecular formula is C8H7Br3N2O. The summed E-state index contributed by atoms with van der Waals surface area (Å²) in [6.07, 6.45) is 0. The van der Waals surface area contributed by atoms with E-state index in [0.717, 1.165) is 5.69 Å². The van der Waals surface area contributed by atoms with Crippen LogP contribution in [0.25, 0.3) is 0 Å². The van der Waals surface area contributed by atoms with Crippen molar-refractivity contribution in [3.05, 3.63) is 30.3 Å². The SMILES string of the molecule is O=C(NNc1ccccc1)C(Br)(Br)Br. The van der Waals surface area contributed by atoms with Crippen LogP contribution < -0.4 is 10.9 Å². The summed E-state index contributed by atoms with van der Waals surface area (Å²) >= 11 is 9.30. The summed E-state index contributed by atoms with van der Waals surface area (Å²) in [5, 5.41) is 0. The molecule has 0 aliphatic carbocycles. The Morgan fingerprint density at radius 2 is 1.71 bits per heavy atom. The van der Waals surface area contributed by atoms with Crippen LogP contribution in [0.3, 0.4) is 0 Å². The van der Waals surface area contributed by atoms with Gasteiger partial charge in [-0.15, -0.1) is 0 Å². The second kappa shape index (κ2) is 5.14. The molecule has 0 aliphatic heterocycles. The van der Waals surface area contributed by atoms with Crippen LogP contribution >= 0.6 is 47.8 Å². The van der Waals surface area contributed by atoms with Crippen molar-refractivity contribution in [2.45, 2.75) is 2.14 Å². The minimum absolute atomic E-state index is 0.277. The van der Waals surface area contributed by atoms with Crippen molar-refractivity contribution in [2.24, 2.45) is 0 Å². The number of nitrogens with one attached hydrogen (secondary N) is 2. The maximum atomic E-state index is 11.3. The second-order valence-electron chi connectivity index (χ2n) is 2.44. The van der Waals surface area contributed by atoms with Crippen LogP contribution in [-0.4, -0.2) is 8.05 Å². The normalized spacial score (nSPS) is 10.8. The minimum atomic E-state index is -0.936. The molecule has 1 aromatic rings. The summed E-state index contributed by atoms with van der Waals surface area (Å²) in [6, 6.07) is 9.34. The van der Waals surface area contributed by atoms with Gasteiger partial charge in [0, 0.05) is 0 Å². The predicted octanol–water partition coefficient (Wildman–Crippen LogP) is 2.97. The van der Waals surface area contributed by atoms with Gasteiger partial charge in [-0.2, -0.15) is 0 Å². The van der Waals surface area contributed by atoms with Crippen LogP contribution in [-0.2, 0) is 4.79 Å². The van der Waals surface area contributed by atoms with Crippen molar-refractivity contribution in [1.82, 2.24) is 5.43 Å². The highest BCUT2D eigenvalue weighted by Gasteiger charge is 2.28. The molecule has 0 heterocycles. The highest BCUT2D eigenvalue weighted by Crippen LogP contribution is 2.33. The van der Waals surface area contributed by atoms with Crippen LogP contribution in [0.2, 0.25) is 0 Å². The molecule has 0 radical (unpaired) electrons. The molecule has 1 aromatic carbocycles. The highest BCUT2D eigenvalue weighted by atomic mass is 80.0. The van der Waals surface area contributed by atoms with E-state index in [-0.39, 0.29) is 5.91 Å². The van der Waals surface area contributed by atoms with Gasteiger partial charge in [0.1, 0.15) is 0 Å². The molecule has 3 nitrogen and oxygen atoms in total. The third kappa shape index (κ3) is 3.98. The summed E-state index contributed by atoms with van der Waals surface area (Å²) < 4.78 is -0.936. The standard InChI is InChI=1S/C8H7Br3N2O/c9-8(10,11)7(14)13-12-6-4-2-1-3-5-6/h1-5,12H,(H,13,14). The first kappa shape index (κ1) is 12.0. The molecule has 0 saturated carbocycles. The van der Waals surface area contributed by atoms with Crippen molar-refractivity contribution < 1.29 is 4.79 Å². The third-order valence-electron chi connectivity index (χ3n) is 1.35. The summed E-state index contributed by atoms with van der Waals surface area (Å²) in [5.74, 6) is -0.277. The molecule has 76 valence electrons. The molecule has 6 heteroatoms. The van der Waals surface area contributed by atoms with Crippen molar-refractivity contribution in [2.75, 3.05) is 5.43 Å². The summed E-state index contributed by atoms with van der Waals surface area (Å²) in [7, 11) is 0. The molecule has 2 N–H and O–H groups in total. The van der Waals surface area contributed by atoms with Gasteiger partial charge >= 0.3 is 0 Å². The Kier molecular flexibility index (Phi) is 4.40. The van der Waals surface area contributed by atoms with Crippen LogP contribution in [0.5, 0.6) is 0 Å². The first-order valence-corrected chi connectivity index (χ1v) is 6.06. The largest absolute Gasteiger partial charge is 0.299 e. The number of para-hydroxylation sites is 1. The van der Waals surface area contributed by atoms with E-state index >= 15 is 0 Å². The van der Waals surface area contributed by atoms with Gasteiger partial charge in [0.15, 0.2) is 0 Å². The fraction of sp³-hybridized carbons (Fsp3) is 0.125. The first-order chi connectivity index (χ1) is 6.50. The van der Waals surface area contributed by atoms with Crippen molar-refractivity contribution in [3.63, 3.8) is 0 Å². The molecule has 0 fully saturated rings. The Hall–Kier alpha value is -0.0700. The van der Waals surface area contributed by atoms with Gasteiger partial charge < -0.3 is 0 Å². The van der Waals surface area contributed by atoms with E-state index in [1.807, 2.05) is 30.3 Å². The quantitative estimate of drug-likeness (QED) is 0.606. The maximum absolute atomic E-state index is 11.3. The molecule has 0 atom stereocenters. The Morgan fingerprint density at radius 1 is 1.14 bits per heavy atom. The number of hydrogen-bond donors (Lipinski definition) is 2. The fourth-order valence-electron chi connectivity index (χ4n) is 0.721. The van der Waals surface area contributed by atoms with Gasteiger partial charge in [-0.3, -0.25) is 15.6 Å². The van der Waals surface area contributed by atoms with E-state index in [9.17, 15) is 4.79 Å². The lowest BCUT2D eigenvalue weighted by Gasteiger charge is -2.13. The van der Waals surface area contributed by atoms with Gasteiger partial charge in [-0.05, 0) is 59.9 Å². The number of benzene rings is 1. The van der Waals surface area contributed by atoms with Gasteiger partial charge in [0.2, 0.25) is 2.14 Å². The van der Waals surface area contributed by atoms with E-state index < -0.39 is 2.14 Å². The molecule has 0 saturated heterocycles. The average molecular weight is 387 g/mol. The number of carbonyl (C=O) groups is 1. The third-order valence-corrected chi connectivity index (χ3v) is 2.43. The molecule has 0 spiro atoms. The molecule has 0 aromatic heterocycles. The highest BCUT2D eigenvalue weighted by molar-refractivity contribution is 9.40. The molecular weight excluding hydrogens is 380 g/mol. The van der Waals surface area contributed by atoms with E-state index in [4.69, 9.17) is 0 Å². The Morgan fingerprint density at radius 3 is 2.21 bits per heavy atom. The zero-order valence-corrected chi connectivity index (χ0v) is 11.7. The number of halogens is 3. The molecule has 0 bridgehead atoms. The number of carbonyl (C=O) groups excluding carboxylic acids is 1. The molecule has 1 rings (SSSR count). The monoisotopic (exact) mass is 384 g/mol. The van der Waals surface area contributed by atoms with Gasteiger partial charge in [-0.1, -0.05) is 18.2 Å². The number of hydrogen-bond acceptors (Lipinski definition) is 2. The van der Waals surface area contributed by atoms with E-state index in [0.29, 0.717) is 0 Å². The molecule has 1 amide bonds. The first-order valence-electron chi connectivity index (χ1n) is 3.68. The van der Waals surface area contributed by atoms with Crippen molar-refractivity contribution >= 4 is 59.4 Å². The van der Waals surface area contributed by atoms with Crippen LogP contribution in [0, 0.1) is 0 Å². The summed E-state index contributed by atoms with van der Waals surface area (Å²) in [4.78, 5) is 11.3. The smallest absolute Gasteiger partial charge is 0.277 e. The van der Waals surface area contributed by atoms with Gasteiger partial charge in [-0.25, -0.2) is 0 Å². The topological polar surface area (TPSA) is 41.1 Å². The molecule has 0 aliphatic rings. The van der Waals surface area contributed by atoms with E-state index in [1.54, 1.807) is 0 Å². The Balaban J connectivity index is 2.46. The van der Waals surface area contributed by atoms with Crippen LogP contribution in [0.4, 0.5) is 5.69 Å². The lowest BCUT2D eigenvalue weighted by molar-refractivity contribution is -0.118. The number of anilines is 1. The molecule has 0 unspecified atom stereocenters. The summed E-state index contributed by atoms with van der Waals surface area (Å²) in [6.45, 7) is 0. The number of amides is 1. The van der Waals surface area contributed by atoms with Crippen molar-refractivity contribution in [3.8, 4) is 0 Å².